The average molecular weight is 366 g/mol. The lowest BCUT2D eigenvalue weighted by atomic mass is 9.99. The first-order valence-electron chi connectivity index (χ1n) is 5.01. The SMILES string of the molecule is Fc1cc(I)ccc1-c1ccccc1C(F)(F)F. The Morgan fingerprint density at radius 3 is 2.17 bits per heavy atom. The van der Waals surface area contributed by atoms with Crippen LogP contribution in [0.25, 0.3) is 11.1 Å². The molecule has 18 heavy (non-hydrogen) atoms. The van der Waals surface area contributed by atoms with Gasteiger partial charge in [-0.15, -0.1) is 0 Å². The molecule has 0 N–H and O–H groups in total. The Bertz CT molecular complexity index is 575. The highest BCUT2D eigenvalue weighted by atomic mass is 127. The van der Waals surface area contributed by atoms with Crippen molar-refractivity contribution < 1.29 is 17.6 Å². The maximum atomic E-state index is 13.7. The molecule has 0 saturated carbocycles. The third-order valence-electron chi connectivity index (χ3n) is 2.45. The summed E-state index contributed by atoms with van der Waals surface area (Å²) >= 11 is 1.90. The van der Waals surface area contributed by atoms with Gasteiger partial charge < -0.3 is 0 Å². The predicted molar refractivity (Wildman–Crippen MR) is 69.6 cm³/mol. The summed E-state index contributed by atoms with van der Waals surface area (Å²) in [5.41, 5.74) is -1.01. The van der Waals surface area contributed by atoms with E-state index in [2.05, 4.69) is 0 Å². The second-order valence-corrected chi connectivity index (χ2v) is 4.91. The van der Waals surface area contributed by atoms with E-state index in [1.807, 2.05) is 22.6 Å². The zero-order chi connectivity index (χ0) is 13.3. The topological polar surface area (TPSA) is 0 Å². The molecule has 5 heteroatoms. The molecule has 0 aliphatic heterocycles. The Morgan fingerprint density at radius 2 is 1.56 bits per heavy atom. The Kier molecular flexibility index (Phi) is 3.61. The zero-order valence-electron chi connectivity index (χ0n) is 8.93. The van der Waals surface area contributed by atoms with Gasteiger partial charge in [-0.2, -0.15) is 13.2 Å². The zero-order valence-corrected chi connectivity index (χ0v) is 11.1. The second-order valence-electron chi connectivity index (χ2n) is 3.67. The van der Waals surface area contributed by atoms with Crippen LogP contribution >= 0.6 is 22.6 Å². The highest BCUT2D eigenvalue weighted by Gasteiger charge is 2.33. The van der Waals surface area contributed by atoms with E-state index in [4.69, 9.17) is 0 Å². The van der Waals surface area contributed by atoms with Crippen LogP contribution < -0.4 is 0 Å². The number of benzene rings is 2. The van der Waals surface area contributed by atoms with Crippen LogP contribution in [0.2, 0.25) is 0 Å². The molecule has 0 aromatic heterocycles. The summed E-state index contributed by atoms with van der Waals surface area (Å²) < 4.78 is 52.8. The summed E-state index contributed by atoms with van der Waals surface area (Å²) in [5, 5.41) is 0. The largest absolute Gasteiger partial charge is 0.417 e. The van der Waals surface area contributed by atoms with Gasteiger partial charge in [-0.25, -0.2) is 4.39 Å². The molecule has 2 aromatic rings. The number of halogens is 5. The minimum Gasteiger partial charge on any atom is -0.206 e. The van der Waals surface area contributed by atoms with E-state index in [1.54, 1.807) is 6.07 Å². The van der Waals surface area contributed by atoms with Gasteiger partial charge in [0.15, 0.2) is 0 Å². The molecule has 0 fully saturated rings. The monoisotopic (exact) mass is 366 g/mol. The lowest BCUT2D eigenvalue weighted by Gasteiger charge is -2.13. The van der Waals surface area contributed by atoms with Crippen LogP contribution in [0.5, 0.6) is 0 Å². The first-order valence-corrected chi connectivity index (χ1v) is 6.09. The highest BCUT2D eigenvalue weighted by Crippen LogP contribution is 2.37. The van der Waals surface area contributed by atoms with Crippen molar-refractivity contribution in [3.63, 3.8) is 0 Å². The van der Waals surface area contributed by atoms with E-state index in [9.17, 15) is 17.6 Å². The molecule has 0 unspecified atom stereocenters. The molecule has 0 aliphatic rings. The minimum atomic E-state index is -4.49. The fourth-order valence-corrected chi connectivity index (χ4v) is 2.13. The fourth-order valence-electron chi connectivity index (χ4n) is 1.67. The van der Waals surface area contributed by atoms with E-state index in [0.717, 1.165) is 6.07 Å². The van der Waals surface area contributed by atoms with E-state index in [-0.39, 0.29) is 11.1 Å². The van der Waals surface area contributed by atoms with Crippen molar-refractivity contribution in [2.24, 2.45) is 0 Å². The van der Waals surface area contributed by atoms with Gasteiger partial charge in [0, 0.05) is 9.13 Å². The van der Waals surface area contributed by atoms with Gasteiger partial charge in [0.05, 0.1) is 5.56 Å². The molecule has 0 atom stereocenters. The third-order valence-corrected chi connectivity index (χ3v) is 3.12. The molecule has 2 rings (SSSR count). The number of rotatable bonds is 1. The number of alkyl halides is 3. The van der Waals surface area contributed by atoms with Crippen molar-refractivity contribution in [1.29, 1.82) is 0 Å². The Balaban J connectivity index is 2.64. The summed E-state index contributed by atoms with van der Waals surface area (Å²) in [4.78, 5) is 0. The van der Waals surface area contributed by atoms with E-state index < -0.39 is 17.6 Å². The minimum absolute atomic E-state index is 0.0386. The van der Waals surface area contributed by atoms with Crippen molar-refractivity contribution >= 4 is 22.6 Å². The molecule has 0 aliphatic carbocycles. The quantitative estimate of drug-likeness (QED) is 0.486. The standard InChI is InChI=1S/C13H7F4I/c14-12-7-8(18)5-6-10(12)9-3-1-2-4-11(9)13(15,16)17/h1-7H. The molecular weight excluding hydrogens is 359 g/mol. The van der Waals surface area contributed by atoms with Crippen molar-refractivity contribution in [1.82, 2.24) is 0 Å². The third kappa shape index (κ3) is 2.66. The van der Waals surface area contributed by atoms with Crippen LogP contribution in [0.1, 0.15) is 5.56 Å². The Hall–Kier alpha value is -1.11. The normalized spacial score (nSPS) is 11.6. The van der Waals surface area contributed by atoms with Crippen LogP contribution in [-0.4, -0.2) is 0 Å². The van der Waals surface area contributed by atoms with Crippen molar-refractivity contribution in [2.45, 2.75) is 6.18 Å². The van der Waals surface area contributed by atoms with Crippen LogP contribution in [-0.2, 0) is 6.18 Å². The molecule has 94 valence electrons. The molecule has 0 nitrogen and oxygen atoms in total. The molecule has 0 heterocycles. The fraction of sp³-hybridized carbons (Fsp3) is 0.0769. The lowest BCUT2D eigenvalue weighted by molar-refractivity contribution is -0.137. The van der Waals surface area contributed by atoms with Crippen LogP contribution in [0.15, 0.2) is 42.5 Å². The molecule has 0 spiro atoms. The summed E-state index contributed by atoms with van der Waals surface area (Å²) in [7, 11) is 0. The molecular formula is C13H7F4I. The van der Waals surface area contributed by atoms with Gasteiger partial charge in [0.1, 0.15) is 5.82 Å². The summed E-state index contributed by atoms with van der Waals surface area (Å²) in [6.07, 6.45) is -4.49. The lowest BCUT2D eigenvalue weighted by Crippen LogP contribution is -2.07. The maximum Gasteiger partial charge on any atom is 0.417 e. The van der Waals surface area contributed by atoms with Gasteiger partial charge in [0.2, 0.25) is 0 Å². The first kappa shape index (κ1) is 13.3. The van der Waals surface area contributed by atoms with Gasteiger partial charge >= 0.3 is 6.18 Å². The summed E-state index contributed by atoms with van der Waals surface area (Å²) in [6, 6.07) is 9.12. The summed E-state index contributed by atoms with van der Waals surface area (Å²) in [6.45, 7) is 0. The smallest absolute Gasteiger partial charge is 0.206 e. The first-order chi connectivity index (χ1) is 8.39. The average Bonchev–Trinajstić information content (AvgIpc) is 2.28. The maximum absolute atomic E-state index is 13.7. The van der Waals surface area contributed by atoms with Crippen molar-refractivity contribution in [2.75, 3.05) is 0 Å². The van der Waals surface area contributed by atoms with Gasteiger partial charge in [0.25, 0.3) is 0 Å². The Labute approximate surface area is 115 Å². The molecule has 0 saturated heterocycles. The van der Waals surface area contributed by atoms with Gasteiger partial charge in [-0.3, -0.25) is 0 Å². The number of hydrogen-bond donors (Lipinski definition) is 0. The van der Waals surface area contributed by atoms with Crippen LogP contribution in [0.4, 0.5) is 17.6 Å². The van der Waals surface area contributed by atoms with E-state index in [0.29, 0.717) is 3.57 Å². The molecule has 0 bridgehead atoms. The molecule has 0 amide bonds. The van der Waals surface area contributed by atoms with E-state index in [1.165, 1.54) is 30.3 Å². The second kappa shape index (κ2) is 4.87. The van der Waals surface area contributed by atoms with Gasteiger partial charge in [-0.1, -0.05) is 24.3 Å². The van der Waals surface area contributed by atoms with Crippen molar-refractivity contribution in [3.05, 3.63) is 57.4 Å². The highest BCUT2D eigenvalue weighted by molar-refractivity contribution is 14.1. The van der Waals surface area contributed by atoms with Crippen molar-refractivity contribution in [3.8, 4) is 11.1 Å². The van der Waals surface area contributed by atoms with Gasteiger partial charge in [-0.05, 0) is 46.4 Å². The van der Waals surface area contributed by atoms with Crippen LogP contribution in [0, 0.1) is 9.39 Å². The molecule has 0 radical (unpaired) electrons. The van der Waals surface area contributed by atoms with E-state index >= 15 is 0 Å². The summed E-state index contributed by atoms with van der Waals surface area (Å²) in [5.74, 6) is -0.654. The Morgan fingerprint density at radius 1 is 0.889 bits per heavy atom. The van der Waals surface area contributed by atoms with Crippen LogP contribution in [0.3, 0.4) is 0 Å². The molecule has 2 aromatic carbocycles. The predicted octanol–water partition coefficient (Wildman–Crippen LogP) is 5.12. The number of hydrogen-bond acceptors (Lipinski definition) is 0.